The predicted molar refractivity (Wildman–Crippen MR) is 89.1 cm³/mol. The van der Waals surface area contributed by atoms with Gasteiger partial charge in [-0.25, -0.2) is 26.7 Å². The summed E-state index contributed by atoms with van der Waals surface area (Å²) in [4.78, 5) is 25.4. The van der Waals surface area contributed by atoms with Crippen LogP contribution < -0.4 is 5.32 Å². The highest BCUT2D eigenvalue weighted by molar-refractivity contribution is 6.35. The molecule has 28 heavy (non-hydrogen) atoms. The zero-order valence-electron chi connectivity index (χ0n) is 13.8. The van der Waals surface area contributed by atoms with Gasteiger partial charge in [0.15, 0.2) is 23.3 Å². The molecule has 1 atom stereocenters. The zero-order chi connectivity index (χ0) is 21.0. The molecule has 0 bridgehead atoms. The summed E-state index contributed by atoms with van der Waals surface area (Å²) >= 11 is 11.9. The fraction of sp³-hybridized carbons (Fsp3) is 0.176. The van der Waals surface area contributed by atoms with Crippen LogP contribution in [0.15, 0.2) is 18.2 Å². The van der Waals surface area contributed by atoms with Crippen molar-refractivity contribution in [3.8, 4) is 0 Å². The Morgan fingerprint density at radius 1 is 0.964 bits per heavy atom. The second-order valence-corrected chi connectivity index (χ2v) is 6.96. The molecule has 4 nitrogen and oxygen atoms in total. The van der Waals surface area contributed by atoms with Crippen LogP contribution >= 0.6 is 23.2 Å². The lowest BCUT2D eigenvalue weighted by Gasteiger charge is -2.23. The van der Waals surface area contributed by atoms with Crippen molar-refractivity contribution < 1.29 is 31.5 Å². The van der Waals surface area contributed by atoms with Gasteiger partial charge in [0.1, 0.15) is 5.54 Å². The minimum atomic E-state index is -2.34. The number of rotatable bonds is 3. The van der Waals surface area contributed by atoms with Crippen LogP contribution in [-0.4, -0.2) is 16.8 Å². The van der Waals surface area contributed by atoms with E-state index in [0.717, 1.165) is 0 Å². The molecule has 2 aromatic carbocycles. The summed E-state index contributed by atoms with van der Waals surface area (Å²) in [6.45, 7) is 0.109. The molecule has 1 aliphatic rings. The Morgan fingerprint density at radius 2 is 1.50 bits per heavy atom. The van der Waals surface area contributed by atoms with Gasteiger partial charge in [-0.15, -0.1) is 0 Å². The first-order valence-corrected chi connectivity index (χ1v) is 8.34. The summed E-state index contributed by atoms with van der Waals surface area (Å²) in [5.74, 6) is -11.9. The van der Waals surface area contributed by atoms with Gasteiger partial charge in [0, 0.05) is 21.2 Å². The number of hydrogen-bond donors (Lipinski definition) is 1. The van der Waals surface area contributed by atoms with E-state index in [0.29, 0.717) is 4.90 Å². The highest BCUT2D eigenvalue weighted by Gasteiger charge is 2.50. The second-order valence-electron chi connectivity index (χ2n) is 6.12. The number of urea groups is 1. The number of halogens is 7. The van der Waals surface area contributed by atoms with E-state index in [9.17, 15) is 31.5 Å². The Bertz CT molecular complexity index is 1000. The van der Waals surface area contributed by atoms with E-state index in [1.54, 1.807) is 0 Å². The first kappa shape index (κ1) is 20.3. The number of carbonyl (C=O) groups is 2. The lowest BCUT2D eigenvalue weighted by atomic mass is 9.92. The summed E-state index contributed by atoms with van der Waals surface area (Å²) in [6.07, 6.45) is 0. The average molecular weight is 439 g/mol. The van der Waals surface area contributed by atoms with E-state index < -0.39 is 58.7 Å². The van der Waals surface area contributed by atoms with E-state index in [2.05, 4.69) is 5.32 Å². The minimum absolute atomic E-state index is 0.0294. The van der Waals surface area contributed by atoms with Gasteiger partial charge in [-0.1, -0.05) is 29.3 Å². The van der Waals surface area contributed by atoms with Crippen molar-refractivity contribution in [3.05, 3.63) is 68.5 Å². The molecule has 1 N–H and O–H groups in total. The Balaban J connectivity index is 2.02. The van der Waals surface area contributed by atoms with Gasteiger partial charge < -0.3 is 5.32 Å². The molecular weight excluding hydrogens is 430 g/mol. The molecular formula is C17H9Cl2F5N2O2. The quantitative estimate of drug-likeness (QED) is 0.328. The third kappa shape index (κ3) is 2.98. The molecule has 0 saturated carbocycles. The van der Waals surface area contributed by atoms with E-state index in [-0.39, 0.29) is 15.6 Å². The average Bonchev–Trinajstić information content (AvgIpc) is 2.85. The predicted octanol–water partition coefficient (Wildman–Crippen LogP) is 4.66. The number of carbonyl (C=O) groups excluding carboxylic acids is 2. The van der Waals surface area contributed by atoms with E-state index in [4.69, 9.17) is 23.2 Å². The molecule has 0 spiro atoms. The summed E-state index contributed by atoms with van der Waals surface area (Å²) in [6, 6.07) is 2.99. The van der Waals surface area contributed by atoms with Crippen molar-refractivity contribution in [2.75, 3.05) is 0 Å². The summed E-state index contributed by atoms with van der Waals surface area (Å²) in [7, 11) is 0. The summed E-state index contributed by atoms with van der Waals surface area (Å²) < 4.78 is 67.8. The molecule has 2 aromatic rings. The maximum atomic E-state index is 13.9. The molecule has 0 aliphatic carbocycles. The number of hydrogen-bond acceptors (Lipinski definition) is 2. The Morgan fingerprint density at radius 3 is 2.04 bits per heavy atom. The summed E-state index contributed by atoms with van der Waals surface area (Å²) in [5, 5.41) is 2.60. The standard InChI is InChI=1S/C17H9Cl2F5N2O2/c1-17(8-3-2-6(18)4-9(8)19)15(27)26(16(28)25-17)5-7-10(20)12(22)14(24)13(23)11(7)21/h2-4H,5H2,1H3,(H,25,28). The maximum absolute atomic E-state index is 13.9. The van der Waals surface area contributed by atoms with Crippen molar-refractivity contribution in [1.82, 2.24) is 10.2 Å². The third-order valence-corrected chi connectivity index (χ3v) is 4.91. The van der Waals surface area contributed by atoms with Gasteiger partial charge in [-0.3, -0.25) is 9.69 Å². The molecule has 3 rings (SSSR count). The first-order chi connectivity index (χ1) is 13.0. The summed E-state index contributed by atoms with van der Waals surface area (Å²) in [5.41, 5.74) is -2.91. The fourth-order valence-corrected chi connectivity index (χ4v) is 3.46. The van der Waals surface area contributed by atoms with Crippen LogP contribution in [0.5, 0.6) is 0 Å². The number of nitrogens with zero attached hydrogens (tertiary/aromatic N) is 1. The van der Waals surface area contributed by atoms with Crippen molar-refractivity contribution in [2.24, 2.45) is 0 Å². The molecule has 3 amide bonds. The van der Waals surface area contributed by atoms with Gasteiger partial charge in [0.05, 0.1) is 6.54 Å². The van der Waals surface area contributed by atoms with Crippen LogP contribution in [0.4, 0.5) is 26.7 Å². The molecule has 1 aliphatic heterocycles. The van der Waals surface area contributed by atoms with E-state index >= 15 is 0 Å². The number of benzene rings is 2. The largest absolute Gasteiger partial charge is 0.325 e. The van der Waals surface area contributed by atoms with Crippen LogP contribution in [0.1, 0.15) is 18.1 Å². The second kappa shape index (κ2) is 6.89. The van der Waals surface area contributed by atoms with Crippen LogP contribution in [0.2, 0.25) is 10.0 Å². The molecule has 1 heterocycles. The highest BCUT2D eigenvalue weighted by atomic mass is 35.5. The molecule has 148 valence electrons. The van der Waals surface area contributed by atoms with Gasteiger partial charge in [0.25, 0.3) is 5.91 Å². The van der Waals surface area contributed by atoms with Crippen LogP contribution in [0, 0.1) is 29.1 Å². The van der Waals surface area contributed by atoms with Gasteiger partial charge in [-0.05, 0) is 19.1 Å². The Kier molecular flexibility index (Phi) is 5.01. The van der Waals surface area contributed by atoms with Crippen LogP contribution in [-0.2, 0) is 16.9 Å². The lowest BCUT2D eigenvalue weighted by molar-refractivity contribution is -0.131. The monoisotopic (exact) mass is 438 g/mol. The van der Waals surface area contributed by atoms with Gasteiger partial charge in [0.2, 0.25) is 5.82 Å². The zero-order valence-corrected chi connectivity index (χ0v) is 15.4. The molecule has 11 heteroatoms. The van der Waals surface area contributed by atoms with Crippen molar-refractivity contribution >= 4 is 35.1 Å². The minimum Gasteiger partial charge on any atom is -0.319 e. The normalized spacial score (nSPS) is 19.4. The molecule has 0 radical (unpaired) electrons. The number of amides is 3. The third-order valence-electron chi connectivity index (χ3n) is 4.36. The van der Waals surface area contributed by atoms with Crippen molar-refractivity contribution in [2.45, 2.75) is 19.0 Å². The highest BCUT2D eigenvalue weighted by Crippen LogP contribution is 2.36. The lowest BCUT2D eigenvalue weighted by Crippen LogP contribution is -2.41. The Labute approximate surface area is 164 Å². The van der Waals surface area contributed by atoms with Gasteiger partial charge >= 0.3 is 6.03 Å². The van der Waals surface area contributed by atoms with Gasteiger partial charge in [-0.2, -0.15) is 0 Å². The molecule has 0 aromatic heterocycles. The van der Waals surface area contributed by atoms with Crippen molar-refractivity contribution in [1.29, 1.82) is 0 Å². The van der Waals surface area contributed by atoms with E-state index in [1.807, 2.05) is 0 Å². The SMILES string of the molecule is CC1(c2ccc(Cl)cc2Cl)NC(=O)N(Cc2c(F)c(F)c(F)c(F)c2F)C1=O. The fourth-order valence-electron chi connectivity index (χ4n) is 2.87. The maximum Gasteiger partial charge on any atom is 0.325 e. The number of nitrogens with one attached hydrogen (secondary N) is 1. The van der Waals surface area contributed by atoms with Crippen LogP contribution in [0.25, 0.3) is 0 Å². The smallest absolute Gasteiger partial charge is 0.319 e. The van der Waals surface area contributed by atoms with E-state index in [1.165, 1.54) is 25.1 Å². The number of imide groups is 1. The molecule has 1 unspecified atom stereocenters. The van der Waals surface area contributed by atoms with Crippen LogP contribution in [0.3, 0.4) is 0 Å². The molecule has 1 saturated heterocycles. The topological polar surface area (TPSA) is 49.4 Å². The molecule has 1 fully saturated rings. The first-order valence-electron chi connectivity index (χ1n) is 7.59. The van der Waals surface area contributed by atoms with Crippen molar-refractivity contribution in [3.63, 3.8) is 0 Å². The Hall–Kier alpha value is -2.39.